The number of hydrogen-bond acceptors (Lipinski definition) is 3. The van der Waals surface area contributed by atoms with E-state index >= 15 is 0 Å². The molecule has 0 saturated carbocycles. The summed E-state index contributed by atoms with van der Waals surface area (Å²) >= 11 is 0. The summed E-state index contributed by atoms with van der Waals surface area (Å²) < 4.78 is 2.24. The Balaban J connectivity index is 1.60. The Labute approximate surface area is 127 Å². The van der Waals surface area contributed by atoms with Gasteiger partial charge in [-0.3, -0.25) is 4.90 Å². The van der Waals surface area contributed by atoms with Crippen LogP contribution in [-0.4, -0.2) is 41.1 Å². The molecule has 3 rings (SSSR count). The van der Waals surface area contributed by atoms with E-state index in [1.165, 1.54) is 43.7 Å². The molecule has 1 aromatic heterocycles. The molecule has 1 aromatic carbocycles. The first-order valence-electron chi connectivity index (χ1n) is 8.05. The molecular formula is C17H26N4. The van der Waals surface area contributed by atoms with Crippen LogP contribution in [0.2, 0.25) is 0 Å². The van der Waals surface area contributed by atoms with E-state index in [1.54, 1.807) is 0 Å². The smallest absolute Gasteiger partial charge is 0.123 e. The molecule has 4 nitrogen and oxygen atoms in total. The lowest BCUT2D eigenvalue weighted by Gasteiger charge is -2.31. The van der Waals surface area contributed by atoms with E-state index in [2.05, 4.69) is 46.1 Å². The van der Waals surface area contributed by atoms with Crippen molar-refractivity contribution in [3.8, 4) is 0 Å². The van der Waals surface area contributed by atoms with E-state index < -0.39 is 0 Å². The van der Waals surface area contributed by atoms with Crippen LogP contribution >= 0.6 is 0 Å². The van der Waals surface area contributed by atoms with Gasteiger partial charge in [0, 0.05) is 7.05 Å². The lowest BCUT2D eigenvalue weighted by molar-refractivity contribution is 0.168. The van der Waals surface area contributed by atoms with Crippen LogP contribution in [0, 0.1) is 5.92 Å². The zero-order valence-corrected chi connectivity index (χ0v) is 13.2. The predicted molar refractivity (Wildman–Crippen MR) is 87.3 cm³/mol. The van der Waals surface area contributed by atoms with Crippen molar-refractivity contribution in [3.05, 3.63) is 30.1 Å². The van der Waals surface area contributed by atoms with Gasteiger partial charge in [-0.05, 0) is 64.0 Å². The number of nitrogens with zero attached hydrogens (tertiary/aromatic N) is 3. The first kappa shape index (κ1) is 14.5. The summed E-state index contributed by atoms with van der Waals surface area (Å²) in [6, 6.07) is 8.39. The SMILES string of the molecule is CNCCC1CCN(Cc2nc3ccccc3n2C)CC1. The van der Waals surface area contributed by atoms with E-state index in [-0.39, 0.29) is 0 Å². The van der Waals surface area contributed by atoms with Crippen LogP contribution in [0.1, 0.15) is 25.1 Å². The molecule has 114 valence electrons. The van der Waals surface area contributed by atoms with Crippen LogP contribution in [-0.2, 0) is 13.6 Å². The van der Waals surface area contributed by atoms with Crippen LogP contribution in [0.4, 0.5) is 0 Å². The van der Waals surface area contributed by atoms with Gasteiger partial charge >= 0.3 is 0 Å². The second-order valence-electron chi connectivity index (χ2n) is 6.19. The van der Waals surface area contributed by atoms with Gasteiger partial charge in [-0.15, -0.1) is 0 Å². The summed E-state index contributed by atoms with van der Waals surface area (Å²) in [7, 11) is 4.17. The minimum Gasteiger partial charge on any atom is -0.330 e. The lowest BCUT2D eigenvalue weighted by Crippen LogP contribution is -2.34. The van der Waals surface area contributed by atoms with E-state index in [9.17, 15) is 0 Å². The second kappa shape index (κ2) is 6.58. The Morgan fingerprint density at radius 1 is 1.24 bits per heavy atom. The highest BCUT2D eigenvalue weighted by Crippen LogP contribution is 2.22. The van der Waals surface area contributed by atoms with Gasteiger partial charge in [0.1, 0.15) is 5.82 Å². The molecule has 1 saturated heterocycles. The molecule has 21 heavy (non-hydrogen) atoms. The lowest BCUT2D eigenvalue weighted by atomic mass is 9.93. The monoisotopic (exact) mass is 286 g/mol. The summed E-state index contributed by atoms with van der Waals surface area (Å²) in [5, 5.41) is 3.26. The molecule has 1 aliphatic rings. The number of imidazole rings is 1. The molecule has 0 bridgehead atoms. The molecule has 0 atom stereocenters. The van der Waals surface area contributed by atoms with Crippen LogP contribution < -0.4 is 5.32 Å². The van der Waals surface area contributed by atoms with E-state index in [0.29, 0.717) is 0 Å². The number of para-hydroxylation sites is 2. The minimum absolute atomic E-state index is 0.897. The van der Waals surface area contributed by atoms with E-state index in [0.717, 1.165) is 24.5 Å². The maximum absolute atomic E-state index is 4.79. The molecule has 0 amide bonds. The molecular weight excluding hydrogens is 260 g/mol. The number of piperidine rings is 1. The summed E-state index contributed by atoms with van der Waals surface area (Å²) in [5.41, 5.74) is 2.34. The largest absolute Gasteiger partial charge is 0.330 e. The molecule has 1 aliphatic heterocycles. The van der Waals surface area contributed by atoms with Gasteiger partial charge in [-0.25, -0.2) is 4.98 Å². The predicted octanol–water partition coefficient (Wildman–Crippen LogP) is 2.39. The zero-order valence-electron chi connectivity index (χ0n) is 13.2. The molecule has 1 fully saturated rings. The number of rotatable bonds is 5. The maximum atomic E-state index is 4.79. The fourth-order valence-corrected chi connectivity index (χ4v) is 3.32. The van der Waals surface area contributed by atoms with Crippen molar-refractivity contribution in [2.75, 3.05) is 26.7 Å². The average molecular weight is 286 g/mol. The van der Waals surface area contributed by atoms with Crippen molar-refractivity contribution in [2.24, 2.45) is 13.0 Å². The Bertz CT molecular complexity index is 581. The van der Waals surface area contributed by atoms with Gasteiger partial charge in [0.2, 0.25) is 0 Å². The number of aromatic nitrogens is 2. The zero-order chi connectivity index (χ0) is 14.7. The van der Waals surface area contributed by atoms with Crippen molar-refractivity contribution in [3.63, 3.8) is 0 Å². The molecule has 2 aromatic rings. The molecule has 0 radical (unpaired) electrons. The summed E-state index contributed by atoms with van der Waals surface area (Å²) in [5.74, 6) is 2.08. The van der Waals surface area contributed by atoms with Crippen molar-refractivity contribution < 1.29 is 0 Å². The van der Waals surface area contributed by atoms with E-state index in [4.69, 9.17) is 4.98 Å². The number of likely N-dealkylation sites (tertiary alicyclic amines) is 1. The standard InChI is InChI=1S/C17H26N4/c1-18-10-7-14-8-11-21(12-9-14)13-17-19-15-5-3-4-6-16(15)20(17)2/h3-6,14,18H,7-13H2,1-2H3. The fourth-order valence-electron chi connectivity index (χ4n) is 3.32. The second-order valence-corrected chi connectivity index (χ2v) is 6.19. The molecule has 1 N–H and O–H groups in total. The summed E-state index contributed by atoms with van der Waals surface area (Å²) in [6.07, 6.45) is 3.97. The van der Waals surface area contributed by atoms with Gasteiger partial charge in [-0.2, -0.15) is 0 Å². The van der Waals surface area contributed by atoms with Crippen LogP contribution in [0.5, 0.6) is 0 Å². The number of nitrogens with one attached hydrogen (secondary N) is 1. The van der Waals surface area contributed by atoms with Crippen LogP contribution in [0.3, 0.4) is 0 Å². The average Bonchev–Trinajstić information content (AvgIpc) is 2.83. The molecule has 0 aliphatic carbocycles. The van der Waals surface area contributed by atoms with Crippen molar-refractivity contribution in [2.45, 2.75) is 25.8 Å². The summed E-state index contributed by atoms with van der Waals surface area (Å²) in [6.45, 7) is 4.54. The Morgan fingerprint density at radius 3 is 2.71 bits per heavy atom. The Kier molecular flexibility index (Phi) is 4.56. The third-order valence-electron chi connectivity index (χ3n) is 4.75. The quantitative estimate of drug-likeness (QED) is 0.916. The van der Waals surface area contributed by atoms with Crippen molar-refractivity contribution in [1.29, 1.82) is 0 Å². The number of fused-ring (bicyclic) bond motifs is 1. The highest BCUT2D eigenvalue weighted by atomic mass is 15.2. The number of benzene rings is 1. The van der Waals surface area contributed by atoms with Gasteiger partial charge in [0.25, 0.3) is 0 Å². The number of hydrogen-bond donors (Lipinski definition) is 1. The normalized spacial score (nSPS) is 17.6. The Hall–Kier alpha value is -1.39. The van der Waals surface area contributed by atoms with Gasteiger partial charge in [-0.1, -0.05) is 12.1 Å². The fraction of sp³-hybridized carbons (Fsp3) is 0.588. The third-order valence-corrected chi connectivity index (χ3v) is 4.75. The molecule has 2 heterocycles. The minimum atomic E-state index is 0.897. The highest BCUT2D eigenvalue weighted by Gasteiger charge is 2.20. The third kappa shape index (κ3) is 3.27. The summed E-state index contributed by atoms with van der Waals surface area (Å²) in [4.78, 5) is 7.34. The Morgan fingerprint density at radius 2 is 2.00 bits per heavy atom. The first-order valence-corrected chi connectivity index (χ1v) is 8.05. The van der Waals surface area contributed by atoms with Gasteiger partial charge in [0.05, 0.1) is 17.6 Å². The topological polar surface area (TPSA) is 33.1 Å². The van der Waals surface area contributed by atoms with Crippen LogP contribution in [0.15, 0.2) is 24.3 Å². The first-order chi connectivity index (χ1) is 10.3. The van der Waals surface area contributed by atoms with E-state index in [1.807, 2.05) is 7.05 Å². The molecule has 0 spiro atoms. The van der Waals surface area contributed by atoms with Crippen molar-refractivity contribution in [1.82, 2.24) is 19.8 Å². The van der Waals surface area contributed by atoms with Gasteiger partial charge in [0.15, 0.2) is 0 Å². The van der Waals surface area contributed by atoms with Crippen molar-refractivity contribution >= 4 is 11.0 Å². The molecule has 4 heteroatoms. The maximum Gasteiger partial charge on any atom is 0.123 e. The highest BCUT2D eigenvalue weighted by molar-refractivity contribution is 5.75. The van der Waals surface area contributed by atoms with Gasteiger partial charge < -0.3 is 9.88 Å². The van der Waals surface area contributed by atoms with Crippen LogP contribution in [0.25, 0.3) is 11.0 Å². The molecule has 0 unspecified atom stereocenters. The number of aryl methyl sites for hydroxylation is 1.